The van der Waals surface area contributed by atoms with Gasteiger partial charge < -0.3 is 29.2 Å². The lowest BCUT2D eigenvalue weighted by molar-refractivity contribution is -0.151. The number of ether oxygens (including phenoxy) is 4. The molecule has 0 radical (unpaired) electrons. The van der Waals surface area contributed by atoms with Gasteiger partial charge in [0.2, 0.25) is 5.88 Å². The SMILES string of the molecule is CCOC(=O)C(CC)(CC)NC(=O)c1ccc(N2CC(OC)C2)c(OCC(C)(C)COCc2ccccc2)n1. The van der Waals surface area contributed by atoms with Gasteiger partial charge in [-0.15, -0.1) is 0 Å². The van der Waals surface area contributed by atoms with Crippen LogP contribution in [0.25, 0.3) is 0 Å². The summed E-state index contributed by atoms with van der Waals surface area (Å²) in [5.41, 5.74) is 0.657. The monoisotopic (exact) mass is 541 g/mol. The molecule has 0 bridgehead atoms. The van der Waals surface area contributed by atoms with E-state index in [4.69, 9.17) is 18.9 Å². The predicted molar refractivity (Wildman–Crippen MR) is 150 cm³/mol. The molecule has 2 heterocycles. The highest BCUT2D eigenvalue weighted by atomic mass is 16.5. The molecule has 1 saturated heterocycles. The van der Waals surface area contributed by atoms with Gasteiger partial charge in [0.25, 0.3) is 5.91 Å². The fraction of sp³-hybridized carbons (Fsp3) is 0.567. The van der Waals surface area contributed by atoms with Crippen molar-refractivity contribution < 1.29 is 28.5 Å². The normalized spacial score (nSPS) is 14.1. The van der Waals surface area contributed by atoms with E-state index in [9.17, 15) is 9.59 Å². The number of esters is 1. The third kappa shape index (κ3) is 7.92. The zero-order valence-electron chi connectivity index (χ0n) is 24.1. The Morgan fingerprint density at radius 1 is 1.03 bits per heavy atom. The standard InChI is InChI=1S/C30H43N3O6/c1-7-30(8-2,28(35)38-9-3)32-26(34)24-15-16-25(33-17-23(18-33)36-6)27(31-24)39-21-29(4,5)20-37-19-22-13-11-10-12-14-22/h10-16,23H,7-9,17-21H2,1-6H3,(H,32,34). The molecule has 1 aliphatic heterocycles. The van der Waals surface area contributed by atoms with Crippen LogP contribution >= 0.6 is 0 Å². The Bertz CT molecular complexity index is 1080. The van der Waals surface area contributed by atoms with Crippen LogP contribution in [0.4, 0.5) is 5.69 Å². The van der Waals surface area contributed by atoms with E-state index in [1.807, 2.05) is 50.2 Å². The maximum Gasteiger partial charge on any atom is 0.331 e. The third-order valence-electron chi connectivity index (χ3n) is 7.02. The summed E-state index contributed by atoms with van der Waals surface area (Å²) in [6, 6.07) is 13.5. The highest BCUT2D eigenvalue weighted by Crippen LogP contribution is 2.32. The number of hydrogen-bond donors (Lipinski definition) is 1. The number of pyridine rings is 1. The molecule has 9 nitrogen and oxygen atoms in total. The van der Waals surface area contributed by atoms with E-state index in [0.717, 1.165) is 11.3 Å². The van der Waals surface area contributed by atoms with Gasteiger partial charge in [-0.25, -0.2) is 9.78 Å². The van der Waals surface area contributed by atoms with Gasteiger partial charge in [-0.3, -0.25) is 4.79 Å². The van der Waals surface area contributed by atoms with Gasteiger partial charge in [-0.2, -0.15) is 0 Å². The van der Waals surface area contributed by atoms with E-state index in [1.165, 1.54) is 0 Å². The van der Waals surface area contributed by atoms with Gasteiger partial charge in [0, 0.05) is 25.6 Å². The second kappa shape index (κ2) is 13.8. The predicted octanol–water partition coefficient (Wildman–Crippen LogP) is 4.39. The largest absolute Gasteiger partial charge is 0.476 e. The minimum absolute atomic E-state index is 0.142. The molecule has 1 amide bonds. The Morgan fingerprint density at radius 2 is 1.72 bits per heavy atom. The van der Waals surface area contributed by atoms with E-state index in [2.05, 4.69) is 29.0 Å². The molecule has 3 rings (SSSR count). The van der Waals surface area contributed by atoms with Gasteiger partial charge in [0.05, 0.1) is 32.5 Å². The van der Waals surface area contributed by atoms with Crippen molar-refractivity contribution in [1.29, 1.82) is 0 Å². The number of nitrogens with one attached hydrogen (secondary N) is 1. The average Bonchev–Trinajstić information content (AvgIpc) is 2.91. The van der Waals surface area contributed by atoms with Crippen LogP contribution in [0.2, 0.25) is 0 Å². The van der Waals surface area contributed by atoms with E-state index in [-0.39, 0.29) is 23.8 Å². The van der Waals surface area contributed by atoms with Gasteiger partial charge in [-0.1, -0.05) is 58.0 Å². The van der Waals surface area contributed by atoms with Crippen molar-refractivity contribution >= 4 is 17.6 Å². The number of hydrogen-bond acceptors (Lipinski definition) is 8. The van der Waals surface area contributed by atoms with E-state index < -0.39 is 17.4 Å². The smallest absolute Gasteiger partial charge is 0.331 e. The molecule has 1 aromatic heterocycles. The summed E-state index contributed by atoms with van der Waals surface area (Å²) in [5.74, 6) is -0.532. The lowest BCUT2D eigenvalue weighted by Gasteiger charge is -2.40. The minimum Gasteiger partial charge on any atom is -0.476 e. The first-order valence-electron chi connectivity index (χ1n) is 13.7. The molecule has 0 spiro atoms. The highest BCUT2D eigenvalue weighted by Gasteiger charge is 2.39. The molecule has 214 valence electrons. The molecule has 0 aliphatic carbocycles. The molecule has 1 aromatic carbocycles. The number of carbonyl (C=O) groups is 2. The van der Waals surface area contributed by atoms with Gasteiger partial charge in [0.15, 0.2) is 0 Å². The van der Waals surface area contributed by atoms with E-state index in [0.29, 0.717) is 51.6 Å². The fourth-order valence-corrected chi connectivity index (χ4v) is 4.33. The van der Waals surface area contributed by atoms with Crippen molar-refractivity contribution in [3.8, 4) is 5.88 Å². The maximum atomic E-state index is 13.3. The molecule has 39 heavy (non-hydrogen) atoms. The summed E-state index contributed by atoms with van der Waals surface area (Å²) in [7, 11) is 1.69. The lowest BCUT2D eigenvalue weighted by Crippen LogP contribution is -2.54. The van der Waals surface area contributed by atoms with Crippen LogP contribution in [-0.2, 0) is 25.6 Å². The van der Waals surface area contributed by atoms with E-state index >= 15 is 0 Å². The zero-order chi connectivity index (χ0) is 28.5. The molecule has 1 aliphatic rings. The van der Waals surface area contributed by atoms with Crippen molar-refractivity contribution in [3.05, 3.63) is 53.7 Å². The van der Waals surface area contributed by atoms with Crippen LogP contribution < -0.4 is 15.0 Å². The maximum absolute atomic E-state index is 13.3. The summed E-state index contributed by atoms with van der Waals surface area (Å²) < 4.78 is 22.9. The van der Waals surface area contributed by atoms with Crippen molar-refractivity contribution in [2.75, 3.05) is 44.9 Å². The van der Waals surface area contributed by atoms with Crippen molar-refractivity contribution in [2.45, 2.75) is 65.7 Å². The quantitative estimate of drug-likeness (QED) is 0.332. The molecule has 0 atom stereocenters. The summed E-state index contributed by atoms with van der Waals surface area (Å²) in [5, 5.41) is 2.88. The molecule has 2 aromatic rings. The summed E-state index contributed by atoms with van der Waals surface area (Å²) in [6.45, 7) is 12.6. The van der Waals surface area contributed by atoms with Crippen LogP contribution in [0.5, 0.6) is 5.88 Å². The van der Waals surface area contributed by atoms with Crippen LogP contribution in [0.3, 0.4) is 0 Å². The zero-order valence-corrected chi connectivity index (χ0v) is 24.1. The highest BCUT2D eigenvalue weighted by molar-refractivity contribution is 5.97. The van der Waals surface area contributed by atoms with Gasteiger partial charge >= 0.3 is 5.97 Å². The van der Waals surface area contributed by atoms with Crippen molar-refractivity contribution in [2.24, 2.45) is 5.41 Å². The lowest BCUT2D eigenvalue weighted by atomic mass is 9.92. The van der Waals surface area contributed by atoms with Crippen LogP contribution in [0.1, 0.15) is 63.5 Å². The Morgan fingerprint density at radius 3 is 2.33 bits per heavy atom. The number of methoxy groups -OCH3 is 1. The van der Waals surface area contributed by atoms with Crippen LogP contribution in [0.15, 0.2) is 42.5 Å². The average molecular weight is 542 g/mol. The molecule has 9 heteroatoms. The number of aromatic nitrogens is 1. The summed E-state index contributed by atoms with van der Waals surface area (Å²) in [4.78, 5) is 32.7. The van der Waals surface area contributed by atoms with Gasteiger partial charge in [-0.05, 0) is 37.5 Å². The Kier molecular flexibility index (Phi) is 10.7. The van der Waals surface area contributed by atoms with E-state index in [1.54, 1.807) is 20.1 Å². The van der Waals surface area contributed by atoms with Crippen LogP contribution in [-0.4, -0.2) is 68.5 Å². The molecule has 0 unspecified atom stereocenters. The molecular formula is C30H43N3O6. The summed E-state index contributed by atoms with van der Waals surface area (Å²) in [6.07, 6.45) is 0.945. The first-order chi connectivity index (χ1) is 18.7. The number of carbonyl (C=O) groups excluding carboxylic acids is 2. The number of anilines is 1. The second-order valence-corrected chi connectivity index (χ2v) is 10.7. The minimum atomic E-state index is -1.12. The second-order valence-electron chi connectivity index (χ2n) is 10.7. The Labute approximate surface area is 232 Å². The molecule has 0 saturated carbocycles. The Hall–Kier alpha value is -3.17. The number of nitrogens with zero attached hydrogens (tertiary/aromatic N) is 2. The first-order valence-corrected chi connectivity index (χ1v) is 13.7. The van der Waals surface area contributed by atoms with Crippen molar-refractivity contribution in [3.63, 3.8) is 0 Å². The Balaban J connectivity index is 1.74. The van der Waals surface area contributed by atoms with Gasteiger partial charge in [0.1, 0.15) is 16.9 Å². The van der Waals surface area contributed by atoms with Crippen LogP contribution in [0, 0.1) is 5.41 Å². The molecular weight excluding hydrogens is 498 g/mol. The third-order valence-corrected chi connectivity index (χ3v) is 7.02. The number of benzene rings is 1. The fourth-order valence-electron chi connectivity index (χ4n) is 4.33. The molecule has 1 N–H and O–H groups in total. The topological polar surface area (TPSA) is 99.2 Å². The van der Waals surface area contributed by atoms with Crippen molar-refractivity contribution in [1.82, 2.24) is 10.3 Å². The summed E-state index contributed by atoms with van der Waals surface area (Å²) >= 11 is 0. The molecule has 1 fully saturated rings. The number of amides is 1. The first kappa shape index (κ1) is 30.4. The number of rotatable bonds is 15.